The maximum absolute atomic E-state index is 2.36. The second-order valence-corrected chi connectivity index (χ2v) is 17.5. The van der Waals surface area contributed by atoms with Crippen molar-refractivity contribution >= 4 is 83.5 Å². The van der Waals surface area contributed by atoms with Gasteiger partial charge in [-0.1, -0.05) is 164 Å². The summed E-state index contributed by atoms with van der Waals surface area (Å²) in [5.41, 5.74) is 14.8. The molecule has 326 valence electrons. The van der Waals surface area contributed by atoms with Gasteiger partial charge < -0.3 is 14.7 Å². The largest absolute Gasteiger partial charge is 0.310 e. The Morgan fingerprint density at radius 3 is 0.739 bits per heavy atom. The molecule has 69 heavy (non-hydrogen) atoms. The SMILES string of the molecule is c1ccc(N(c2ccccc2)c2ccc3cc(-c4ccc(N(c5ccc(-c6ccc7cc(N(c8ccccc8)c8ccccc8)ccc7c6)cc5)c5ccc6ccccc6c5)cc4)ccc3c2)cc1. The Kier molecular flexibility index (Phi) is 10.9. The van der Waals surface area contributed by atoms with Crippen molar-refractivity contribution in [2.75, 3.05) is 14.7 Å². The molecule has 0 bridgehead atoms. The van der Waals surface area contributed by atoms with Crippen LogP contribution < -0.4 is 14.7 Å². The van der Waals surface area contributed by atoms with Crippen LogP contribution in [0.5, 0.6) is 0 Å². The number of benzene rings is 12. The molecule has 0 unspecified atom stereocenters. The van der Waals surface area contributed by atoms with Gasteiger partial charge in [0.15, 0.2) is 0 Å². The molecular weight excluding hydrogens is 835 g/mol. The summed E-state index contributed by atoms with van der Waals surface area (Å²) < 4.78 is 0. The fourth-order valence-corrected chi connectivity index (χ4v) is 9.68. The molecule has 3 nitrogen and oxygen atoms in total. The monoisotopic (exact) mass is 881 g/mol. The van der Waals surface area contributed by atoms with Crippen LogP contribution in [-0.4, -0.2) is 0 Å². The van der Waals surface area contributed by atoms with Crippen molar-refractivity contribution in [3.63, 3.8) is 0 Å². The molecule has 12 aromatic rings. The number of anilines is 9. The van der Waals surface area contributed by atoms with Crippen molar-refractivity contribution in [2.45, 2.75) is 0 Å². The molecule has 0 saturated carbocycles. The van der Waals surface area contributed by atoms with Gasteiger partial charge in [0.25, 0.3) is 0 Å². The predicted octanol–water partition coefficient (Wildman–Crippen LogP) is 18.9. The van der Waals surface area contributed by atoms with Crippen LogP contribution in [0, 0.1) is 0 Å². The van der Waals surface area contributed by atoms with Crippen molar-refractivity contribution < 1.29 is 0 Å². The molecule has 12 rings (SSSR count). The Morgan fingerprint density at radius 2 is 0.377 bits per heavy atom. The lowest BCUT2D eigenvalue weighted by atomic mass is 9.99. The summed E-state index contributed by atoms with van der Waals surface area (Å²) >= 11 is 0. The third-order valence-electron chi connectivity index (χ3n) is 13.1. The van der Waals surface area contributed by atoms with Gasteiger partial charge in [-0.15, -0.1) is 0 Å². The highest BCUT2D eigenvalue weighted by atomic mass is 15.2. The van der Waals surface area contributed by atoms with Gasteiger partial charge in [0.1, 0.15) is 0 Å². The maximum atomic E-state index is 2.36. The van der Waals surface area contributed by atoms with E-state index in [9.17, 15) is 0 Å². The molecule has 0 fully saturated rings. The molecule has 0 spiro atoms. The van der Waals surface area contributed by atoms with Crippen molar-refractivity contribution in [2.24, 2.45) is 0 Å². The highest BCUT2D eigenvalue weighted by Crippen LogP contribution is 2.41. The Morgan fingerprint density at radius 1 is 0.145 bits per heavy atom. The Balaban J connectivity index is 0.844. The first-order chi connectivity index (χ1) is 34.2. The van der Waals surface area contributed by atoms with Crippen molar-refractivity contribution in [3.8, 4) is 22.3 Å². The molecule has 0 aliphatic heterocycles. The molecule has 0 heterocycles. The first-order valence-electron chi connectivity index (χ1n) is 23.6. The Hall–Kier alpha value is -9.18. The minimum atomic E-state index is 1.09. The van der Waals surface area contributed by atoms with Gasteiger partial charge in [-0.3, -0.25) is 0 Å². The topological polar surface area (TPSA) is 9.72 Å². The standard InChI is InChI=1S/C66H47N3/c1-5-17-58(18-6-1)67(59-19-7-2-8-20-59)65-41-34-54-43-52(25-27-56(54)46-65)49-29-36-62(37-30-49)69(64-40-33-48-15-13-14-16-51(48)45-64)63-38-31-50(32-39-63)53-26-28-57-47-66(42-35-55(57)44-53)68(60-21-9-3-10-22-60)61-23-11-4-12-24-61/h1-47H. The van der Waals surface area contributed by atoms with Gasteiger partial charge in [0.2, 0.25) is 0 Å². The number of para-hydroxylation sites is 4. The van der Waals surface area contributed by atoms with E-state index >= 15 is 0 Å². The lowest BCUT2D eigenvalue weighted by molar-refractivity contribution is 1.29. The van der Waals surface area contributed by atoms with Crippen LogP contribution in [0.1, 0.15) is 0 Å². The van der Waals surface area contributed by atoms with Crippen molar-refractivity contribution in [3.05, 3.63) is 285 Å². The zero-order valence-corrected chi connectivity index (χ0v) is 38.0. The quantitative estimate of drug-likeness (QED) is 0.128. The average Bonchev–Trinajstić information content (AvgIpc) is 3.42. The highest BCUT2D eigenvalue weighted by Gasteiger charge is 2.17. The zero-order valence-electron chi connectivity index (χ0n) is 38.0. The summed E-state index contributed by atoms with van der Waals surface area (Å²) in [5.74, 6) is 0. The number of rotatable bonds is 11. The third-order valence-corrected chi connectivity index (χ3v) is 13.1. The minimum Gasteiger partial charge on any atom is -0.310 e. The van der Waals surface area contributed by atoms with Crippen LogP contribution in [0.15, 0.2) is 285 Å². The van der Waals surface area contributed by atoms with Crippen molar-refractivity contribution in [1.82, 2.24) is 0 Å². The van der Waals surface area contributed by atoms with Gasteiger partial charge in [0.05, 0.1) is 0 Å². The van der Waals surface area contributed by atoms with Crippen LogP contribution in [0.3, 0.4) is 0 Å². The van der Waals surface area contributed by atoms with Gasteiger partial charge in [-0.25, -0.2) is 0 Å². The predicted molar refractivity (Wildman–Crippen MR) is 294 cm³/mol. The molecule has 0 aliphatic carbocycles. The molecule has 12 aromatic carbocycles. The van der Waals surface area contributed by atoms with Crippen LogP contribution in [0.25, 0.3) is 54.6 Å². The fraction of sp³-hybridized carbons (Fsp3) is 0. The third kappa shape index (κ3) is 8.35. The van der Waals surface area contributed by atoms with E-state index < -0.39 is 0 Å². The van der Waals surface area contributed by atoms with Gasteiger partial charge in [-0.2, -0.15) is 0 Å². The van der Waals surface area contributed by atoms with E-state index in [4.69, 9.17) is 0 Å². The number of hydrogen-bond donors (Lipinski definition) is 0. The molecular formula is C66H47N3. The summed E-state index contributed by atoms with van der Waals surface area (Å²) in [6, 6.07) is 103. The molecule has 3 heteroatoms. The van der Waals surface area contributed by atoms with E-state index in [1.54, 1.807) is 0 Å². The van der Waals surface area contributed by atoms with Gasteiger partial charge in [-0.05, 0) is 176 Å². The lowest BCUT2D eigenvalue weighted by Gasteiger charge is -2.26. The molecule has 0 radical (unpaired) electrons. The van der Waals surface area contributed by atoms with E-state index in [0.29, 0.717) is 0 Å². The van der Waals surface area contributed by atoms with E-state index in [0.717, 1.165) is 51.2 Å². The van der Waals surface area contributed by atoms with E-state index in [1.807, 2.05) is 0 Å². The van der Waals surface area contributed by atoms with Crippen LogP contribution in [0.2, 0.25) is 0 Å². The van der Waals surface area contributed by atoms with Crippen molar-refractivity contribution in [1.29, 1.82) is 0 Å². The number of hydrogen-bond acceptors (Lipinski definition) is 3. The summed E-state index contributed by atoms with van der Waals surface area (Å²) in [4.78, 5) is 6.98. The minimum absolute atomic E-state index is 1.09. The Labute approximate surface area is 403 Å². The van der Waals surface area contributed by atoms with E-state index in [1.165, 1.54) is 54.6 Å². The van der Waals surface area contributed by atoms with E-state index in [-0.39, 0.29) is 0 Å². The zero-order chi connectivity index (χ0) is 45.9. The molecule has 0 atom stereocenters. The van der Waals surface area contributed by atoms with E-state index in [2.05, 4.69) is 300 Å². The molecule has 0 N–H and O–H groups in total. The van der Waals surface area contributed by atoms with Gasteiger partial charge in [0, 0.05) is 51.2 Å². The molecule has 0 saturated heterocycles. The molecule has 0 aliphatic rings. The second-order valence-electron chi connectivity index (χ2n) is 17.5. The number of nitrogens with zero attached hydrogens (tertiary/aromatic N) is 3. The number of fused-ring (bicyclic) bond motifs is 3. The lowest BCUT2D eigenvalue weighted by Crippen LogP contribution is -2.10. The van der Waals surface area contributed by atoms with Crippen LogP contribution in [0.4, 0.5) is 51.2 Å². The maximum Gasteiger partial charge on any atom is 0.0468 e. The summed E-state index contributed by atoms with van der Waals surface area (Å²) in [6.45, 7) is 0. The first kappa shape index (κ1) is 41.3. The first-order valence-corrected chi connectivity index (χ1v) is 23.6. The fourth-order valence-electron chi connectivity index (χ4n) is 9.68. The summed E-state index contributed by atoms with van der Waals surface area (Å²) in [7, 11) is 0. The second kappa shape index (κ2) is 18.2. The van der Waals surface area contributed by atoms with Crippen LogP contribution >= 0.6 is 0 Å². The highest BCUT2D eigenvalue weighted by molar-refractivity contribution is 5.95. The molecule has 0 aromatic heterocycles. The van der Waals surface area contributed by atoms with Crippen LogP contribution in [-0.2, 0) is 0 Å². The average molecular weight is 882 g/mol. The summed E-state index contributed by atoms with van der Waals surface area (Å²) in [6.07, 6.45) is 0. The normalized spacial score (nSPS) is 11.2. The molecule has 0 amide bonds. The van der Waals surface area contributed by atoms with Gasteiger partial charge >= 0.3 is 0 Å². The Bertz CT molecular complexity index is 3420. The smallest absolute Gasteiger partial charge is 0.0468 e. The summed E-state index contributed by atoms with van der Waals surface area (Å²) in [5, 5.41) is 7.23.